The molecule has 0 atom stereocenters. The summed E-state index contributed by atoms with van der Waals surface area (Å²) in [5.41, 5.74) is 1.41. The predicted molar refractivity (Wildman–Crippen MR) is 95.7 cm³/mol. The van der Waals surface area contributed by atoms with Gasteiger partial charge in [-0.1, -0.05) is 32.6 Å². The molecule has 0 aromatic carbocycles. The lowest BCUT2D eigenvalue weighted by Crippen LogP contribution is -2.62. The molecule has 3 nitrogen and oxygen atoms in total. The van der Waals surface area contributed by atoms with Crippen molar-refractivity contribution in [1.82, 2.24) is 4.34 Å². The summed E-state index contributed by atoms with van der Waals surface area (Å²) in [4.78, 5) is 11.3. The molecule has 120 valence electrons. The van der Waals surface area contributed by atoms with E-state index in [2.05, 4.69) is 30.5 Å². The summed E-state index contributed by atoms with van der Waals surface area (Å²) < 4.78 is 2.66. The lowest BCUT2D eigenvalue weighted by molar-refractivity contribution is -0.118. The van der Waals surface area contributed by atoms with Crippen molar-refractivity contribution in [2.75, 3.05) is 0 Å². The number of carbonyl (C=O) groups is 1. The summed E-state index contributed by atoms with van der Waals surface area (Å²) in [6.07, 6.45) is 6.75. The number of Topliss-reactive ketones (excluding diaryl/α,β-unsaturated/α-hetero) is 1. The molecule has 0 spiro atoms. The monoisotopic (exact) mass is 324 g/mol. The van der Waals surface area contributed by atoms with Gasteiger partial charge >= 0.3 is 0 Å². The average molecular weight is 325 g/mol. The van der Waals surface area contributed by atoms with Crippen LogP contribution in [-0.4, -0.2) is 32.3 Å². The third-order valence-corrected chi connectivity index (χ3v) is 14.5. The van der Waals surface area contributed by atoms with Crippen LogP contribution < -0.4 is 0 Å². The number of ketones is 1. The lowest BCUT2D eigenvalue weighted by atomic mass is 9.85. The Morgan fingerprint density at radius 2 is 1.67 bits per heavy atom. The van der Waals surface area contributed by atoms with Crippen molar-refractivity contribution in [3.8, 4) is 0 Å². The van der Waals surface area contributed by atoms with Gasteiger partial charge in [-0.2, -0.15) is 0 Å². The Balaban J connectivity index is 2.04. The van der Waals surface area contributed by atoms with E-state index in [4.69, 9.17) is 5.10 Å². The summed E-state index contributed by atoms with van der Waals surface area (Å²) in [6, 6.07) is 2.79. The number of carbonyl (C=O) groups excluding carboxylic acids is 1. The Hall–Kier alpha value is -0.426. The molecule has 2 fully saturated rings. The smallest absolute Gasteiger partial charge is 0.161 e. The van der Waals surface area contributed by atoms with Gasteiger partial charge in [0.1, 0.15) is 5.78 Å². The minimum atomic E-state index is -1.33. The number of hydrogen-bond donors (Lipinski definition) is 0. The third kappa shape index (κ3) is 4.28. The van der Waals surface area contributed by atoms with Gasteiger partial charge in [-0.15, -0.1) is 0 Å². The van der Waals surface area contributed by atoms with Gasteiger partial charge in [0.15, 0.2) is 16.5 Å². The zero-order valence-corrected chi connectivity index (χ0v) is 16.5. The van der Waals surface area contributed by atoms with Crippen LogP contribution in [0, 0.1) is 5.92 Å². The quantitative estimate of drug-likeness (QED) is 0.709. The van der Waals surface area contributed by atoms with Crippen LogP contribution in [0.25, 0.3) is 0 Å². The molecule has 0 aromatic rings. The van der Waals surface area contributed by atoms with E-state index in [0.717, 1.165) is 32.1 Å². The summed E-state index contributed by atoms with van der Waals surface area (Å²) >= 11 is 0. The average Bonchev–Trinajstić information content (AvgIpc) is 2.34. The van der Waals surface area contributed by atoms with Crippen molar-refractivity contribution in [2.45, 2.75) is 83.7 Å². The molecule has 1 saturated carbocycles. The van der Waals surface area contributed by atoms with Gasteiger partial charge in [0.05, 0.1) is 0 Å². The van der Waals surface area contributed by atoms with Crippen LogP contribution in [0.3, 0.4) is 0 Å². The first-order chi connectivity index (χ1) is 9.71. The second-order valence-corrected chi connectivity index (χ2v) is 17.9. The second-order valence-electron chi connectivity index (χ2n) is 8.31. The van der Waals surface area contributed by atoms with Crippen molar-refractivity contribution >= 4 is 28.0 Å². The maximum atomic E-state index is 11.3. The molecule has 2 rings (SSSR count). The summed E-state index contributed by atoms with van der Waals surface area (Å²) in [7, 11) is -2.66. The molecule has 0 radical (unpaired) electrons. The van der Waals surface area contributed by atoms with Crippen LogP contribution >= 0.6 is 0 Å². The van der Waals surface area contributed by atoms with Crippen LogP contribution in [0.2, 0.25) is 38.3 Å². The number of rotatable bonds is 3. The summed E-state index contributed by atoms with van der Waals surface area (Å²) in [6.45, 7) is 11.7. The Morgan fingerprint density at radius 3 is 2.14 bits per heavy atom. The van der Waals surface area contributed by atoms with Gasteiger partial charge in [0.25, 0.3) is 0 Å². The molecular formula is C16H32N2OSi2. The first-order valence-electron chi connectivity index (χ1n) is 8.57. The molecule has 0 N–H and O–H groups in total. The van der Waals surface area contributed by atoms with E-state index in [-0.39, 0.29) is 0 Å². The third-order valence-electron chi connectivity index (χ3n) is 5.22. The van der Waals surface area contributed by atoms with Crippen LogP contribution in [0.5, 0.6) is 0 Å². The van der Waals surface area contributed by atoms with E-state index in [9.17, 15) is 4.79 Å². The first kappa shape index (κ1) is 16.9. The van der Waals surface area contributed by atoms with Crippen LogP contribution in [-0.2, 0) is 4.79 Å². The van der Waals surface area contributed by atoms with Gasteiger partial charge in [0.2, 0.25) is 0 Å². The number of nitrogens with zero attached hydrogens (tertiary/aromatic N) is 2. The molecule has 1 heterocycles. The largest absolute Gasteiger partial charge is 0.349 e. The van der Waals surface area contributed by atoms with Crippen molar-refractivity contribution in [3.05, 3.63) is 0 Å². The fraction of sp³-hybridized carbons (Fsp3) is 0.875. The van der Waals surface area contributed by atoms with Gasteiger partial charge < -0.3 is 9.13 Å². The normalized spacial score (nSPS) is 28.3. The van der Waals surface area contributed by atoms with E-state index in [1.165, 1.54) is 24.2 Å². The van der Waals surface area contributed by atoms with Crippen molar-refractivity contribution in [3.63, 3.8) is 0 Å². The molecule has 1 aliphatic heterocycles. The Morgan fingerprint density at radius 1 is 1.14 bits per heavy atom. The molecule has 0 bridgehead atoms. The van der Waals surface area contributed by atoms with Gasteiger partial charge in [-0.25, -0.2) is 5.10 Å². The standard InChI is InChI=1S/C16H32N2OSi2/c1-14(19)13-15-7-9-16(10-8-15)17-18-20(2,3)11-6-12-21(18,4)5/h15H,6-13H2,1-5H3. The molecule has 1 aliphatic carbocycles. The SMILES string of the molecule is CC(=O)CC1CCC(=NN2[Si](C)(C)CCC[Si]2(C)C)CC1. The number of hydrazone groups is 1. The van der Waals surface area contributed by atoms with E-state index in [1.54, 1.807) is 6.92 Å². The summed E-state index contributed by atoms with van der Waals surface area (Å²) in [5.74, 6) is 0.955. The number of hydrogen-bond acceptors (Lipinski definition) is 3. The van der Waals surface area contributed by atoms with Crippen LogP contribution in [0.15, 0.2) is 5.10 Å². The molecule has 21 heavy (non-hydrogen) atoms. The highest BCUT2D eigenvalue weighted by atomic mass is 28.4. The predicted octanol–water partition coefficient (Wildman–Crippen LogP) is 4.63. The fourth-order valence-corrected chi connectivity index (χ4v) is 15.0. The minimum absolute atomic E-state index is 0.346. The highest BCUT2D eigenvalue weighted by Crippen LogP contribution is 2.36. The lowest BCUT2D eigenvalue weighted by Gasteiger charge is -2.49. The van der Waals surface area contributed by atoms with Crippen molar-refractivity contribution in [1.29, 1.82) is 0 Å². The zero-order valence-electron chi connectivity index (χ0n) is 14.5. The molecule has 2 aliphatic rings. The van der Waals surface area contributed by atoms with E-state index >= 15 is 0 Å². The molecule has 5 heteroatoms. The molecular weight excluding hydrogens is 292 g/mol. The maximum absolute atomic E-state index is 11.3. The van der Waals surface area contributed by atoms with Gasteiger partial charge in [-0.3, -0.25) is 0 Å². The second kappa shape index (κ2) is 6.36. The van der Waals surface area contributed by atoms with Gasteiger partial charge in [0, 0.05) is 12.1 Å². The van der Waals surface area contributed by atoms with E-state index < -0.39 is 16.5 Å². The van der Waals surface area contributed by atoms with Gasteiger partial charge in [-0.05, 0) is 50.6 Å². The highest BCUT2D eigenvalue weighted by Gasteiger charge is 2.44. The minimum Gasteiger partial charge on any atom is -0.349 e. The molecule has 0 aromatic heterocycles. The van der Waals surface area contributed by atoms with Crippen LogP contribution in [0.4, 0.5) is 0 Å². The zero-order chi connectivity index (χ0) is 15.7. The van der Waals surface area contributed by atoms with Crippen molar-refractivity contribution < 1.29 is 4.79 Å². The summed E-state index contributed by atoms with van der Waals surface area (Å²) in [5, 5.41) is 5.20. The molecule has 1 saturated heterocycles. The fourth-order valence-electron chi connectivity index (χ4n) is 4.12. The Bertz CT molecular complexity index is 406. The van der Waals surface area contributed by atoms with Crippen molar-refractivity contribution in [2.24, 2.45) is 11.0 Å². The van der Waals surface area contributed by atoms with E-state index in [0.29, 0.717) is 11.7 Å². The highest BCUT2D eigenvalue weighted by molar-refractivity contribution is 6.91. The molecule has 0 amide bonds. The Labute approximate surface area is 132 Å². The Kier molecular flexibility index (Phi) is 5.13. The van der Waals surface area contributed by atoms with E-state index in [1.807, 2.05) is 0 Å². The molecule has 0 unspecified atom stereocenters. The van der Waals surface area contributed by atoms with Crippen LogP contribution in [0.1, 0.15) is 45.4 Å². The first-order valence-corrected chi connectivity index (χ1v) is 14.9. The maximum Gasteiger partial charge on any atom is 0.161 e. The topological polar surface area (TPSA) is 32.7 Å².